The van der Waals surface area contributed by atoms with Crippen LogP contribution in [0.5, 0.6) is 0 Å². The van der Waals surface area contributed by atoms with E-state index in [0.717, 1.165) is 23.5 Å². The lowest BCUT2D eigenvalue weighted by molar-refractivity contribution is 0.963. The topological polar surface area (TPSA) is 3.24 Å². The van der Waals surface area contributed by atoms with Gasteiger partial charge in [-0.3, -0.25) is 0 Å². The minimum atomic E-state index is 0.293. The molecular formula is C53H41N. The van der Waals surface area contributed by atoms with Crippen molar-refractivity contribution >= 4 is 44.7 Å². The summed E-state index contributed by atoms with van der Waals surface area (Å²) in [7, 11) is 0. The second-order valence-electron chi connectivity index (χ2n) is 14.1. The van der Waals surface area contributed by atoms with Crippen LogP contribution in [0.4, 0.5) is 17.1 Å². The highest BCUT2D eigenvalue weighted by Gasteiger charge is 2.17. The first kappa shape index (κ1) is 33.2. The Labute approximate surface area is 318 Å². The molecule has 0 N–H and O–H groups in total. The Morgan fingerprint density at radius 3 is 1.80 bits per heavy atom. The van der Waals surface area contributed by atoms with Crippen molar-refractivity contribution in [2.45, 2.75) is 19.3 Å². The highest BCUT2D eigenvalue weighted by molar-refractivity contribution is 6.13. The zero-order chi connectivity index (χ0) is 36.3. The van der Waals surface area contributed by atoms with Gasteiger partial charge in [-0.25, -0.2) is 0 Å². The fourth-order valence-electron chi connectivity index (χ4n) is 7.90. The largest absolute Gasteiger partial charge is 0.310 e. The SMILES string of the molecule is C[C@@H]1/C=C\C=C/C/C=C\c2ccc(-c3cccc(N(c4cccc(-c5ccccc5)c4)c4cccc(-c5cc6ccccc6c6ccccc56)c4)c3)cc21. The normalized spacial score (nSPS) is 15.7. The van der Waals surface area contributed by atoms with Crippen molar-refractivity contribution in [3.05, 3.63) is 217 Å². The molecule has 1 aliphatic rings. The van der Waals surface area contributed by atoms with E-state index in [-0.39, 0.29) is 0 Å². The first-order valence-electron chi connectivity index (χ1n) is 18.9. The third-order valence-corrected chi connectivity index (χ3v) is 10.6. The van der Waals surface area contributed by atoms with Crippen LogP contribution in [0.25, 0.3) is 61.0 Å². The van der Waals surface area contributed by atoms with Gasteiger partial charge in [0, 0.05) is 17.1 Å². The van der Waals surface area contributed by atoms with E-state index in [0.29, 0.717) is 5.92 Å². The number of hydrogen-bond acceptors (Lipinski definition) is 1. The molecule has 0 saturated carbocycles. The Morgan fingerprint density at radius 1 is 0.444 bits per heavy atom. The molecule has 0 amide bonds. The third kappa shape index (κ3) is 6.57. The summed E-state index contributed by atoms with van der Waals surface area (Å²) in [4.78, 5) is 2.41. The maximum atomic E-state index is 2.41. The van der Waals surface area contributed by atoms with Gasteiger partial charge < -0.3 is 4.90 Å². The fourth-order valence-corrected chi connectivity index (χ4v) is 7.90. The zero-order valence-corrected chi connectivity index (χ0v) is 30.4. The molecule has 54 heavy (non-hydrogen) atoms. The van der Waals surface area contributed by atoms with Crippen LogP contribution in [0.2, 0.25) is 0 Å². The van der Waals surface area contributed by atoms with Gasteiger partial charge in [-0.1, -0.05) is 171 Å². The smallest absolute Gasteiger partial charge is 0.0467 e. The van der Waals surface area contributed by atoms with Crippen LogP contribution in [0.1, 0.15) is 30.4 Å². The summed E-state index contributed by atoms with van der Waals surface area (Å²) in [6.45, 7) is 2.28. The van der Waals surface area contributed by atoms with Crippen molar-refractivity contribution in [1.29, 1.82) is 0 Å². The second kappa shape index (κ2) is 14.7. The Morgan fingerprint density at radius 2 is 1.04 bits per heavy atom. The number of hydrogen-bond donors (Lipinski definition) is 0. The van der Waals surface area contributed by atoms with Gasteiger partial charge in [0.1, 0.15) is 0 Å². The molecule has 0 fully saturated rings. The lowest BCUT2D eigenvalue weighted by Crippen LogP contribution is -2.10. The first-order valence-corrected chi connectivity index (χ1v) is 18.9. The van der Waals surface area contributed by atoms with Crippen molar-refractivity contribution in [2.24, 2.45) is 0 Å². The minimum Gasteiger partial charge on any atom is -0.310 e. The van der Waals surface area contributed by atoms with E-state index in [2.05, 4.69) is 224 Å². The van der Waals surface area contributed by atoms with Gasteiger partial charge in [0.15, 0.2) is 0 Å². The minimum absolute atomic E-state index is 0.293. The maximum Gasteiger partial charge on any atom is 0.0467 e. The van der Waals surface area contributed by atoms with E-state index < -0.39 is 0 Å². The number of rotatable bonds is 6. The number of nitrogens with zero attached hydrogens (tertiary/aromatic N) is 1. The molecular weight excluding hydrogens is 651 g/mol. The molecule has 9 rings (SSSR count). The molecule has 1 aliphatic carbocycles. The highest BCUT2D eigenvalue weighted by Crippen LogP contribution is 2.42. The van der Waals surface area contributed by atoms with E-state index in [9.17, 15) is 0 Å². The average Bonchev–Trinajstić information content (AvgIpc) is 3.24. The molecule has 8 aromatic carbocycles. The van der Waals surface area contributed by atoms with Crippen LogP contribution < -0.4 is 4.90 Å². The molecule has 0 radical (unpaired) electrons. The van der Waals surface area contributed by atoms with E-state index in [1.165, 1.54) is 66.1 Å². The molecule has 1 nitrogen and oxygen atoms in total. The molecule has 0 aliphatic heterocycles. The van der Waals surface area contributed by atoms with Gasteiger partial charge in [0.25, 0.3) is 0 Å². The Hall–Kier alpha value is -6.70. The number of fused-ring (bicyclic) bond motifs is 4. The molecule has 0 heterocycles. The van der Waals surface area contributed by atoms with Crippen LogP contribution in [-0.2, 0) is 0 Å². The second-order valence-corrected chi connectivity index (χ2v) is 14.1. The summed E-state index contributed by atoms with van der Waals surface area (Å²) in [5.74, 6) is 0.293. The van der Waals surface area contributed by atoms with Crippen molar-refractivity contribution in [3.63, 3.8) is 0 Å². The van der Waals surface area contributed by atoms with Crippen LogP contribution in [0, 0.1) is 0 Å². The first-order chi connectivity index (χ1) is 26.7. The lowest BCUT2D eigenvalue weighted by atomic mass is 9.90. The summed E-state index contributed by atoms with van der Waals surface area (Å²) in [6, 6.07) is 64.4. The molecule has 258 valence electrons. The van der Waals surface area contributed by atoms with Crippen molar-refractivity contribution < 1.29 is 0 Å². The summed E-state index contributed by atoms with van der Waals surface area (Å²) < 4.78 is 0. The van der Waals surface area contributed by atoms with Gasteiger partial charge in [-0.2, -0.15) is 0 Å². The van der Waals surface area contributed by atoms with Crippen molar-refractivity contribution in [1.82, 2.24) is 0 Å². The Balaban J connectivity index is 1.20. The Kier molecular flexibility index (Phi) is 9.05. The predicted molar refractivity (Wildman–Crippen MR) is 233 cm³/mol. The van der Waals surface area contributed by atoms with E-state index in [1.54, 1.807) is 0 Å². The van der Waals surface area contributed by atoms with Crippen molar-refractivity contribution in [2.75, 3.05) is 4.90 Å². The van der Waals surface area contributed by atoms with Crippen LogP contribution >= 0.6 is 0 Å². The number of allylic oxidation sites excluding steroid dienone is 5. The summed E-state index contributed by atoms with van der Waals surface area (Å²) in [5, 5.41) is 5.06. The molecule has 0 unspecified atom stereocenters. The van der Waals surface area contributed by atoms with E-state index in [4.69, 9.17) is 0 Å². The lowest BCUT2D eigenvalue weighted by Gasteiger charge is -2.27. The van der Waals surface area contributed by atoms with Gasteiger partial charge in [-0.15, -0.1) is 0 Å². The molecule has 0 saturated heterocycles. The number of anilines is 3. The monoisotopic (exact) mass is 691 g/mol. The predicted octanol–water partition coefficient (Wildman–Crippen LogP) is 15.1. The van der Waals surface area contributed by atoms with Gasteiger partial charge in [0.2, 0.25) is 0 Å². The summed E-state index contributed by atoms with van der Waals surface area (Å²) >= 11 is 0. The van der Waals surface area contributed by atoms with Crippen LogP contribution in [-0.4, -0.2) is 0 Å². The quantitative estimate of drug-likeness (QED) is 0.157. The molecule has 0 spiro atoms. The zero-order valence-electron chi connectivity index (χ0n) is 30.4. The van der Waals surface area contributed by atoms with Crippen molar-refractivity contribution in [3.8, 4) is 33.4 Å². The summed E-state index contributed by atoms with van der Waals surface area (Å²) in [6.07, 6.45) is 14.3. The molecule has 1 heteroatoms. The summed E-state index contributed by atoms with van der Waals surface area (Å²) in [5.41, 5.74) is 13.1. The molecule has 0 aromatic heterocycles. The average molecular weight is 692 g/mol. The van der Waals surface area contributed by atoms with Gasteiger partial charge >= 0.3 is 0 Å². The number of benzene rings is 8. The fraction of sp³-hybridized carbons (Fsp3) is 0.0566. The highest BCUT2D eigenvalue weighted by atomic mass is 15.1. The van der Waals surface area contributed by atoms with E-state index in [1.807, 2.05) is 0 Å². The Bertz CT molecular complexity index is 2710. The third-order valence-electron chi connectivity index (χ3n) is 10.6. The van der Waals surface area contributed by atoms with E-state index >= 15 is 0 Å². The maximum absolute atomic E-state index is 2.41. The standard InChI is InChI=1S/C53H41N/c1-38-17-6-3-2-4-7-20-40-31-32-43(36-52(38)40)42-23-15-26-47(34-42)54(46-25-14-22-41(33-46)39-18-8-5-9-19-39)48-27-16-24-44(35-48)53-37-45-21-10-11-28-49(45)50-29-12-13-30-51(50)53/h2-3,5-38H,4H2,1H3/b3-2-,17-6-,20-7-/t38-/m1/s1. The molecule has 0 bridgehead atoms. The van der Waals surface area contributed by atoms with Gasteiger partial charge in [0.05, 0.1) is 0 Å². The van der Waals surface area contributed by atoms with Crippen LogP contribution in [0.15, 0.2) is 206 Å². The molecule has 8 aromatic rings. The molecule has 1 atom stereocenters. The van der Waals surface area contributed by atoms with Crippen LogP contribution in [0.3, 0.4) is 0 Å². The van der Waals surface area contributed by atoms with Gasteiger partial charge in [-0.05, 0) is 127 Å².